The predicted molar refractivity (Wildman–Crippen MR) is 86.5 cm³/mol. The fraction of sp³-hybridized carbons (Fsp3) is 0.533. The summed E-state index contributed by atoms with van der Waals surface area (Å²) < 4.78 is 28.6. The van der Waals surface area contributed by atoms with Crippen molar-refractivity contribution in [3.8, 4) is 6.07 Å². The number of hydrogen-bond acceptors (Lipinski definition) is 3. The predicted octanol–water partition coefficient (Wildman–Crippen LogP) is 2.96. The second kappa shape index (κ2) is 7.42. The summed E-state index contributed by atoms with van der Waals surface area (Å²) in [6.45, 7) is 2.85. The first kappa shape index (κ1) is 17.2. The summed E-state index contributed by atoms with van der Waals surface area (Å²) in [4.78, 5) is 0. The van der Waals surface area contributed by atoms with Gasteiger partial charge in [0.25, 0.3) is 10.2 Å². The molecule has 0 saturated carbocycles. The number of nitriles is 1. The largest absolute Gasteiger partial charge is 0.282 e. The van der Waals surface area contributed by atoms with Crippen molar-refractivity contribution in [3.05, 3.63) is 34.9 Å². The Balaban J connectivity index is 2.30. The zero-order chi connectivity index (χ0) is 16.2. The average Bonchev–Trinajstić information content (AvgIpc) is 2.98. The van der Waals surface area contributed by atoms with Crippen molar-refractivity contribution in [2.24, 2.45) is 0 Å². The summed E-state index contributed by atoms with van der Waals surface area (Å²) in [5, 5.41) is 9.30. The van der Waals surface area contributed by atoms with Crippen LogP contribution in [0.25, 0.3) is 0 Å². The Morgan fingerprint density at radius 2 is 2.18 bits per heavy atom. The lowest BCUT2D eigenvalue weighted by atomic mass is 10.1. The standard InChI is InChI=1S/C15H20ClN3O2S/c1-2-18(11-6-10-17)22(20,21)19-12-5-9-15(19)13-7-3-4-8-14(13)16/h3-4,7-8,15H,2,5-6,9,11-12H2,1H3/t15-/m1/s1. The van der Waals surface area contributed by atoms with Crippen LogP contribution in [-0.2, 0) is 10.2 Å². The van der Waals surface area contributed by atoms with Crippen LogP contribution in [0.5, 0.6) is 0 Å². The monoisotopic (exact) mass is 341 g/mol. The third-order valence-electron chi connectivity index (χ3n) is 3.92. The van der Waals surface area contributed by atoms with E-state index in [0.29, 0.717) is 18.1 Å². The van der Waals surface area contributed by atoms with Crippen LogP contribution in [0.2, 0.25) is 5.02 Å². The Morgan fingerprint density at radius 3 is 2.82 bits per heavy atom. The molecule has 1 heterocycles. The van der Waals surface area contributed by atoms with E-state index in [0.717, 1.165) is 18.4 Å². The van der Waals surface area contributed by atoms with Crippen LogP contribution in [0.1, 0.15) is 37.8 Å². The summed E-state index contributed by atoms with van der Waals surface area (Å²) in [7, 11) is -3.58. The van der Waals surface area contributed by atoms with Gasteiger partial charge in [0, 0.05) is 31.1 Å². The maximum absolute atomic E-state index is 12.9. The molecular weight excluding hydrogens is 322 g/mol. The lowest BCUT2D eigenvalue weighted by Gasteiger charge is -2.30. The lowest BCUT2D eigenvalue weighted by molar-refractivity contribution is 0.335. The van der Waals surface area contributed by atoms with E-state index < -0.39 is 10.2 Å². The summed E-state index contributed by atoms with van der Waals surface area (Å²) in [6, 6.07) is 9.15. The second-order valence-electron chi connectivity index (χ2n) is 5.20. The van der Waals surface area contributed by atoms with Gasteiger partial charge in [0.05, 0.1) is 12.1 Å². The first-order valence-electron chi connectivity index (χ1n) is 7.40. The molecule has 1 aliphatic rings. The molecule has 7 heteroatoms. The van der Waals surface area contributed by atoms with E-state index in [9.17, 15) is 8.42 Å². The van der Waals surface area contributed by atoms with Crippen LogP contribution >= 0.6 is 11.6 Å². The van der Waals surface area contributed by atoms with Gasteiger partial charge in [-0.2, -0.15) is 22.3 Å². The van der Waals surface area contributed by atoms with Gasteiger partial charge in [-0.05, 0) is 24.5 Å². The fourth-order valence-electron chi connectivity index (χ4n) is 2.83. The smallest absolute Gasteiger partial charge is 0.198 e. The molecule has 1 saturated heterocycles. The zero-order valence-electron chi connectivity index (χ0n) is 12.6. The van der Waals surface area contributed by atoms with Gasteiger partial charge in [0.15, 0.2) is 0 Å². The molecule has 2 rings (SSSR count). The Labute approximate surface area is 137 Å². The highest BCUT2D eigenvalue weighted by atomic mass is 35.5. The van der Waals surface area contributed by atoms with Crippen LogP contribution < -0.4 is 0 Å². The van der Waals surface area contributed by atoms with Gasteiger partial charge >= 0.3 is 0 Å². The van der Waals surface area contributed by atoms with Crippen LogP contribution in [-0.4, -0.2) is 36.7 Å². The van der Waals surface area contributed by atoms with E-state index in [-0.39, 0.29) is 19.0 Å². The molecule has 0 aromatic heterocycles. The van der Waals surface area contributed by atoms with Crippen molar-refractivity contribution in [1.29, 1.82) is 5.26 Å². The third kappa shape index (κ3) is 3.44. The van der Waals surface area contributed by atoms with Crippen molar-refractivity contribution < 1.29 is 8.42 Å². The summed E-state index contributed by atoms with van der Waals surface area (Å²) in [5.41, 5.74) is 0.849. The van der Waals surface area contributed by atoms with Crippen LogP contribution in [0.15, 0.2) is 24.3 Å². The number of halogens is 1. The van der Waals surface area contributed by atoms with Crippen LogP contribution in [0.3, 0.4) is 0 Å². The topological polar surface area (TPSA) is 64.4 Å². The lowest BCUT2D eigenvalue weighted by Crippen LogP contribution is -2.43. The van der Waals surface area contributed by atoms with Crippen LogP contribution in [0.4, 0.5) is 0 Å². The summed E-state index contributed by atoms with van der Waals surface area (Å²) in [6.07, 6.45) is 1.77. The van der Waals surface area contributed by atoms with Crippen molar-refractivity contribution in [3.63, 3.8) is 0 Å². The summed E-state index contributed by atoms with van der Waals surface area (Å²) in [5.74, 6) is 0. The minimum Gasteiger partial charge on any atom is -0.198 e. The summed E-state index contributed by atoms with van der Waals surface area (Å²) >= 11 is 6.24. The quantitative estimate of drug-likeness (QED) is 0.799. The maximum Gasteiger partial charge on any atom is 0.282 e. The van der Waals surface area contributed by atoms with Gasteiger partial charge in [-0.15, -0.1) is 0 Å². The Morgan fingerprint density at radius 1 is 1.45 bits per heavy atom. The molecule has 1 aromatic carbocycles. The first-order chi connectivity index (χ1) is 10.5. The van der Waals surface area contributed by atoms with Gasteiger partial charge in [0.1, 0.15) is 0 Å². The third-order valence-corrected chi connectivity index (χ3v) is 6.38. The van der Waals surface area contributed by atoms with E-state index in [1.54, 1.807) is 13.0 Å². The molecule has 120 valence electrons. The van der Waals surface area contributed by atoms with Crippen molar-refractivity contribution in [2.75, 3.05) is 19.6 Å². The second-order valence-corrected chi connectivity index (χ2v) is 7.49. The molecule has 0 spiro atoms. The highest BCUT2D eigenvalue weighted by molar-refractivity contribution is 7.86. The molecule has 1 atom stereocenters. The molecule has 1 aromatic rings. The highest BCUT2D eigenvalue weighted by Crippen LogP contribution is 2.38. The molecule has 0 bridgehead atoms. The molecule has 22 heavy (non-hydrogen) atoms. The van der Waals surface area contributed by atoms with Crippen molar-refractivity contribution in [2.45, 2.75) is 32.2 Å². The van der Waals surface area contributed by atoms with E-state index in [4.69, 9.17) is 16.9 Å². The van der Waals surface area contributed by atoms with Gasteiger partial charge in [-0.1, -0.05) is 36.7 Å². The molecule has 5 nitrogen and oxygen atoms in total. The molecule has 0 aliphatic carbocycles. The number of nitrogens with zero attached hydrogens (tertiary/aromatic N) is 3. The van der Waals surface area contributed by atoms with Crippen molar-refractivity contribution in [1.82, 2.24) is 8.61 Å². The van der Waals surface area contributed by atoms with Gasteiger partial charge in [0.2, 0.25) is 0 Å². The maximum atomic E-state index is 12.9. The first-order valence-corrected chi connectivity index (χ1v) is 9.18. The number of hydrogen-bond donors (Lipinski definition) is 0. The molecular formula is C15H20ClN3O2S. The fourth-order valence-corrected chi connectivity index (χ4v) is 4.94. The minimum atomic E-state index is -3.58. The average molecular weight is 342 g/mol. The van der Waals surface area contributed by atoms with Gasteiger partial charge < -0.3 is 0 Å². The molecule has 0 unspecified atom stereocenters. The van der Waals surface area contributed by atoms with Gasteiger partial charge in [-0.3, -0.25) is 0 Å². The Hall–Kier alpha value is -1.13. The molecule has 0 radical (unpaired) electrons. The number of benzene rings is 1. The molecule has 1 fully saturated rings. The zero-order valence-corrected chi connectivity index (χ0v) is 14.1. The highest BCUT2D eigenvalue weighted by Gasteiger charge is 2.38. The van der Waals surface area contributed by atoms with E-state index in [2.05, 4.69) is 0 Å². The normalized spacial score (nSPS) is 19.5. The SMILES string of the molecule is CCN(CCC#N)S(=O)(=O)N1CCC[C@@H]1c1ccccc1Cl. The number of rotatable bonds is 6. The Kier molecular flexibility index (Phi) is 5.81. The van der Waals surface area contributed by atoms with Crippen molar-refractivity contribution >= 4 is 21.8 Å². The van der Waals surface area contributed by atoms with Gasteiger partial charge in [-0.25, -0.2) is 0 Å². The van der Waals surface area contributed by atoms with Crippen LogP contribution in [0, 0.1) is 11.3 Å². The molecule has 1 aliphatic heterocycles. The van der Waals surface area contributed by atoms with E-state index in [1.807, 2.05) is 24.3 Å². The molecule has 0 amide bonds. The Bertz CT molecular complexity index is 657. The van der Waals surface area contributed by atoms with E-state index in [1.165, 1.54) is 8.61 Å². The molecule has 0 N–H and O–H groups in total. The van der Waals surface area contributed by atoms with E-state index >= 15 is 0 Å². The minimum absolute atomic E-state index is 0.192.